The number of primary amides is 1. The summed E-state index contributed by atoms with van der Waals surface area (Å²) in [7, 11) is 0. The number of nitrogens with zero attached hydrogens (tertiary/aromatic N) is 1. The first-order valence-corrected chi connectivity index (χ1v) is 3.42. The zero-order valence-electron chi connectivity index (χ0n) is 6.74. The molecule has 5 heteroatoms. The molecule has 66 valence electrons. The van der Waals surface area contributed by atoms with Gasteiger partial charge in [-0.25, -0.2) is 4.98 Å². The van der Waals surface area contributed by atoms with Crippen molar-refractivity contribution in [2.24, 2.45) is 5.73 Å². The lowest BCUT2D eigenvalue weighted by Gasteiger charge is -1.97. The average molecular weight is 176 g/mol. The van der Waals surface area contributed by atoms with Gasteiger partial charge in [0, 0.05) is 17.7 Å². The number of anilines is 2. The minimum absolute atomic E-state index is 0.240. The predicted molar refractivity (Wildman–Crippen MR) is 49.1 cm³/mol. The Labute approximate surface area is 74.9 Å². The Morgan fingerprint density at radius 3 is 2.69 bits per heavy atom. The van der Waals surface area contributed by atoms with Crippen LogP contribution < -0.4 is 17.2 Å². The molecule has 0 saturated carbocycles. The highest BCUT2D eigenvalue weighted by Gasteiger charge is 1.95. The smallest absolute Gasteiger partial charge is 0.293 e. The summed E-state index contributed by atoms with van der Waals surface area (Å²) in [5.41, 5.74) is 16.5. The van der Waals surface area contributed by atoms with Gasteiger partial charge < -0.3 is 17.2 Å². The number of carbonyl (C=O) groups excluding carboxylic acids is 1. The molecule has 6 N–H and O–H groups in total. The molecule has 0 aliphatic rings. The molecule has 0 radical (unpaired) electrons. The summed E-state index contributed by atoms with van der Waals surface area (Å²) >= 11 is 0. The Kier molecular flexibility index (Phi) is 2.36. The number of nitrogens with two attached hydrogens (primary N) is 3. The summed E-state index contributed by atoms with van der Waals surface area (Å²) in [6, 6.07) is 1.53. The Morgan fingerprint density at radius 2 is 2.15 bits per heavy atom. The lowest BCUT2D eigenvalue weighted by molar-refractivity contribution is -0.112. The summed E-state index contributed by atoms with van der Waals surface area (Å²) in [4.78, 5) is 14.1. The maximum absolute atomic E-state index is 10.3. The van der Waals surface area contributed by atoms with Crippen molar-refractivity contribution in [2.45, 2.75) is 0 Å². The molecule has 0 unspecified atom stereocenters. The van der Waals surface area contributed by atoms with Crippen molar-refractivity contribution in [3.8, 4) is 11.8 Å². The highest BCUT2D eigenvalue weighted by molar-refractivity contribution is 5.92. The number of carbonyl (C=O) groups is 1. The van der Waals surface area contributed by atoms with Crippen LogP contribution in [0.15, 0.2) is 12.3 Å². The quantitative estimate of drug-likeness (QED) is 0.444. The number of rotatable bonds is 0. The topological polar surface area (TPSA) is 108 Å². The zero-order valence-corrected chi connectivity index (χ0v) is 6.74. The van der Waals surface area contributed by atoms with Crippen molar-refractivity contribution >= 4 is 17.4 Å². The lowest BCUT2D eigenvalue weighted by Crippen LogP contribution is -2.06. The maximum Gasteiger partial charge on any atom is 0.293 e. The van der Waals surface area contributed by atoms with Gasteiger partial charge in [0.15, 0.2) is 0 Å². The maximum atomic E-state index is 10.3. The zero-order chi connectivity index (χ0) is 9.84. The molecule has 0 aliphatic heterocycles. The monoisotopic (exact) mass is 176 g/mol. The molecule has 0 spiro atoms. The molecule has 0 saturated heterocycles. The molecule has 13 heavy (non-hydrogen) atoms. The molecular formula is C8H8N4O. The normalized spacial score (nSPS) is 8.62. The summed E-state index contributed by atoms with van der Waals surface area (Å²) in [6.07, 6.45) is 1.42. The van der Waals surface area contributed by atoms with Crippen LogP contribution in [0.5, 0.6) is 0 Å². The van der Waals surface area contributed by atoms with E-state index in [4.69, 9.17) is 17.2 Å². The first-order chi connectivity index (χ1) is 6.09. The van der Waals surface area contributed by atoms with Crippen molar-refractivity contribution in [1.82, 2.24) is 4.98 Å². The summed E-state index contributed by atoms with van der Waals surface area (Å²) in [6.45, 7) is 0. The fourth-order valence-corrected chi connectivity index (χ4v) is 0.694. The molecule has 1 rings (SSSR count). The van der Waals surface area contributed by atoms with E-state index in [1.807, 2.05) is 0 Å². The van der Waals surface area contributed by atoms with Crippen LogP contribution in [0.25, 0.3) is 0 Å². The third-order valence-corrected chi connectivity index (χ3v) is 1.28. The van der Waals surface area contributed by atoms with E-state index in [9.17, 15) is 4.79 Å². The van der Waals surface area contributed by atoms with Gasteiger partial charge in [0.25, 0.3) is 5.91 Å². The van der Waals surface area contributed by atoms with Gasteiger partial charge in [0.05, 0.1) is 5.69 Å². The fraction of sp³-hybridized carbons (Fsp3) is 0. The second kappa shape index (κ2) is 3.45. The molecule has 1 amide bonds. The van der Waals surface area contributed by atoms with Crippen LogP contribution in [0.1, 0.15) is 5.56 Å². The van der Waals surface area contributed by atoms with E-state index < -0.39 is 5.91 Å². The van der Waals surface area contributed by atoms with Gasteiger partial charge in [-0.3, -0.25) is 4.79 Å². The van der Waals surface area contributed by atoms with E-state index in [0.29, 0.717) is 11.3 Å². The number of nitrogen functional groups attached to an aromatic ring is 2. The van der Waals surface area contributed by atoms with Gasteiger partial charge in [-0.1, -0.05) is 5.92 Å². The lowest BCUT2D eigenvalue weighted by atomic mass is 10.2. The summed E-state index contributed by atoms with van der Waals surface area (Å²) < 4.78 is 0. The van der Waals surface area contributed by atoms with E-state index in [1.165, 1.54) is 12.3 Å². The highest BCUT2D eigenvalue weighted by Crippen LogP contribution is 2.10. The predicted octanol–water partition coefficient (Wildman–Crippen LogP) is -0.917. The van der Waals surface area contributed by atoms with Crippen molar-refractivity contribution in [2.75, 3.05) is 11.5 Å². The second-order valence-corrected chi connectivity index (χ2v) is 2.31. The number of pyridine rings is 1. The van der Waals surface area contributed by atoms with Crippen LogP contribution in [-0.4, -0.2) is 10.9 Å². The molecule has 5 nitrogen and oxygen atoms in total. The Balaban J connectivity index is 3.00. The Morgan fingerprint density at radius 1 is 1.46 bits per heavy atom. The van der Waals surface area contributed by atoms with Crippen LogP contribution in [-0.2, 0) is 4.79 Å². The van der Waals surface area contributed by atoms with Gasteiger partial charge in [-0.2, -0.15) is 0 Å². The van der Waals surface area contributed by atoms with Crippen LogP contribution in [0.2, 0.25) is 0 Å². The van der Waals surface area contributed by atoms with E-state index in [1.54, 1.807) is 0 Å². The third kappa shape index (κ3) is 2.38. The van der Waals surface area contributed by atoms with Gasteiger partial charge in [-0.05, 0) is 6.07 Å². The third-order valence-electron chi connectivity index (χ3n) is 1.28. The molecule has 1 heterocycles. The number of amides is 1. The van der Waals surface area contributed by atoms with E-state index in [2.05, 4.69) is 16.8 Å². The molecule has 1 aromatic rings. The highest BCUT2D eigenvalue weighted by atomic mass is 16.1. The van der Waals surface area contributed by atoms with Crippen LogP contribution >= 0.6 is 0 Å². The number of hydrogen-bond acceptors (Lipinski definition) is 4. The number of hydrogen-bond donors (Lipinski definition) is 3. The molecule has 0 bridgehead atoms. The minimum Gasteiger partial charge on any atom is -0.396 e. The molecule has 1 aromatic heterocycles. The Hall–Kier alpha value is -2.22. The largest absolute Gasteiger partial charge is 0.396 e. The average Bonchev–Trinajstić information content (AvgIpc) is 2.07. The second-order valence-electron chi connectivity index (χ2n) is 2.31. The summed E-state index contributed by atoms with van der Waals surface area (Å²) in [5.74, 6) is 4.19. The van der Waals surface area contributed by atoms with E-state index in [-0.39, 0.29) is 5.82 Å². The number of aromatic nitrogens is 1. The van der Waals surface area contributed by atoms with Gasteiger partial charge in [0.2, 0.25) is 0 Å². The van der Waals surface area contributed by atoms with Crippen molar-refractivity contribution < 1.29 is 4.79 Å². The standard InChI is InChI=1S/C8H8N4O/c9-6-3-5(1-2-7(10)13)4-12-8(6)11/h3-4H,9H2,(H2,10,13)(H2,11,12). The van der Waals surface area contributed by atoms with E-state index in [0.717, 1.165) is 0 Å². The Bertz CT molecular complexity index is 402. The van der Waals surface area contributed by atoms with E-state index >= 15 is 0 Å². The van der Waals surface area contributed by atoms with Gasteiger partial charge in [-0.15, -0.1) is 0 Å². The summed E-state index contributed by atoms with van der Waals surface area (Å²) in [5, 5.41) is 0. The SMILES string of the molecule is NC(=O)C#Cc1cnc(N)c(N)c1. The molecule has 0 atom stereocenters. The first kappa shape index (κ1) is 8.87. The molecule has 0 aliphatic carbocycles. The van der Waals surface area contributed by atoms with Gasteiger partial charge in [0.1, 0.15) is 5.82 Å². The molecule has 0 aromatic carbocycles. The van der Waals surface area contributed by atoms with Crippen molar-refractivity contribution in [1.29, 1.82) is 0 Å². The molecule has 0 fully saturated rings. The van der Waals surface area contributed by atoms with Crippen molar-refractivity contribution in [3.05, 3.63) is 17.8 Å². The fourth-order valence-electron chi connectivity index (χ4n) is 0.694. The first-order valence-electron chi connectivity index (χ1n) is 3.42. The minimum atomic E-state index is -0.699. The van der Waals surface area contributed by atoms with Crippen LogP contribution in [0, 0.1) is 11.8 Å². The van der Waals surface area contributed by atoms with Gasteiger partial charge >= 0.3 is 0 Å². The van der Waals surface area contributed by atoms with Crippen molar-refractivity contribution in [3.63, 3.8) is 0 Å². The van der Waals surface area contributed by atoms with Crippen LogP contribution in [0.4, 0.5) is 11.5 Å². The molecular weight excluding hydrogens is 168 g/mol. The van der Waals surface area contributed by atoms with Crippen LogP contribution in [0.3, 0.4) is 0 Å².